The normalized spacial score (nSPS) is 11.2. The minimum Gasteiger partial charge on any atom is -0.351 e. The molecule has 0 saturated carbocycles. The smallest absolute Gasteiger partial charge is 0.251 e. The SMILES string of the molecule is N#CCNC(=O)C(CNC(=O)c1ccccc1)c1ccccc1Cl. The maximum absolute atomic E-state index is 12.3. The molecule has 5 nitrogen and oxygen atoms in total. The first-order chi connectivity index (χ1) is 11.6. The van der Waals surface area contributed by atoms with E-state index in [1.165, 1.54) is 0 Å². The highest BCUT2D eigenvalue weighted by Gasteiger charge is 2.23. The summed E-state index contributed by atoms with van der Waals surface area (Å²) in [6.07, 6.45) is 0. The number of nitriles is 1. The monoisotopic (exact) mass is 341 g/mol. The molecule has 2 N–H and O–H groups in total. The Labute approximate surface area is 145 Å². The van der Waals surface area contributed by atoms with E-state index in [-0.39, 0.29) is 24.9 Å². The lowest BCUT2D eigenvalue weighted by Crippen LogP contribution is -2.37. The van der Waals surface area contributed by atoms with E-state index >= 15 is 0 Å². The van der Waals surface area contributed by atoms with Crippen molar-refractivity contribution in [1.82, 2.24) is 10.6 Å². The van der Waals surface area contributed by atoms with Crippen molar-refractivity contribution >= 4 is 23.4 Å². The first-order valence-electron chi connectivity index (χ1n) is 7.36. The molecule has 0 fully saturated rings. The predicted octanol–water partition coefficient (Wildman–Crippen LogP) is 2.49. The van der Waals surface area contributed by atoms with Gasteiger partial charge in [-0.15, -0.1) is 0 Å². The van der Waals surface area contributed by atoms with Crippen molar-refractivity contribution in [2.24, 2.45) is 0 Å². The Morgan fingerprint density at radius 3 is 2.38 bits per heavy atom. The van der Waals surface area contributed by atoms with Crippen molar-refractivity contribution in [3.63, 3.8) is 0 Å². The molecule has 1 atom stereocenters. The van der Waals surface area contributed by atoms with E-state index in [2.05, 4.69) is 10.6 Å². The summed E-state index contributed by atoms with van der Waals surface area (Å²) in [5.74, 6) is -1.32. The summed E-state index contributed by atoms with van der Waals surface area (Å²) >= 11 is 6.17. The Bertz CT molecular complexity index is 756. The molecule has 0 saturated heterocycles. The van der Waals surface area contributed by atoms with Gasteiger partial charge in [0.15, 0.2) is 0 Å². The number of rotatable bonds is 6. The highest BCUT2D eigenvalue weighted by molar-refractivity contribution is 6.31. The van der Waals surface area contributed by atoms with Gasteiger partial charge in [-0.1, -0.05) is 48.0 Å². The Hall–Kier alpha value is -2.84. The molecule has 122 valence electrons. The van der Waals surface area contributed by atoms with Crippen molar-refractivity contribution in [1.29, 1.82) is 5.26 Å². The second kappa shape index (κ2) is 8.70. The van der Waals surface area contributed by atoms with Gasteiger partial charge in [-0.2, -0.15) is 5.26 Å². The average molecular weight is 342 g/mol. The Balaban J connectivity index is 2.14. The molecule has 0 radical (unpaired) electrons. The van der Waals surface area contributed by atoms with E-state index in [0.717, 1.165) is 0 Å². The van der Waals surface area contributed by atoms with Gasteiger partial charge < -0.3 is 10.6 Å². The molecule has 2 aromatic carbocycles. The number of hydrogen-bond donors (Lipinski definition) is 2. The fourth-order valence-electron chi connectivity index (χ4n) is 2.24. The van der Waals surface area contributed by atoms with Crippen LogP contribution in [0.15, 0.2) is 54.6 Å². The zero-order chi connectivity index (χ0) is 17.4. The maximum atomic E-state index is 12.3. The van der Waals surface area contributed by atoms with Crippen molar-refractivity contribution in [2.75, 3.05) is 13.1 Å². The second-order valence-corrected chi connectivity index (χ2v) is 5.43. The van der Waals surface area contributed by atoms with Crippen molar-refractivity contribution in [3.05, 3.63) is 70.7 Å². The molecule has 0 aliphatic carbocycles. The minimum absolute atomic E-state index is 0.0781. The number of halogens is 1. The average Bonchev–Trinajstić information content (AvgIpc) is 2.62. The third-order valence-electron chi connectivity index (χ3n) is 3.44. The first kappa shape index (κ1) is 17.5. The van der Waals surface area contributed by atoms with Crippen LogP contribution >= 0.6 is 11.6 Å². The van der Waals surface area contributed by atoms with E-state index in [1.807, 2.05) is 12.1 Å². The Morgan fingerprint density at radius 2 is 1.71 bits per heavy atom. The van der Waals surface area contributed by atoms with Gasteiger partial charge in [-0.25, -0.2) is 0 Å². The molecule has 0 aromatic heterocycles. The summed E-state index contributed by atoms with van der Waals surface area (Å²) in [7, 11) is 0. The lowest BCUT2D eigenvalue weighted by atomic mass is 9.97. The highest BCUT2D eigenvalue weighted by Crippen LogP contribution is 2.24. The van der Waals surface area contributed by atoms with Crippen molar-refractivity contribution in [2.45, 2.75) is 5.92 Å². The molecular formula is C18H16ClN3O2. The molecule has 1 unspecified atom stereocenters. The highest BCUT2D eigenvalue weighted by atomic mass is 35.5. The zero-order valence-corrected chi connectivity index (χ0v) is 13.6. The lowest BCUT2D eigenvalue weighted by molar-refractivity contribution is -0.122. The van der Waals surface area contributed by atoms with E-state index in [0.29, 0.717) is 16.1 Å². The maximum Gasteiger partial charge on any atom is 0.251 e. The third-order valence-corrected chi connectivity index (χ3v) is 3.79. The summed E-state index contributed by atoms with van der Waals surface area (Å²) in [6, 6.07) is 17.5. The number of carbonyl (C=O) groups excluding carboxylic acids is 2. The van der Waals surface area contributed by atoms with Gasteiger partial charge in [0.05, 0.1) is 12.0 Å². The van der Waals surface area contributed by atoms with Gasteiger partial charge >= 0.3 is 0 Å². The van der Waals surface area contributed by atoms with Gasteiger partial charge in [0, 0.05) is 17.1 Å². The molecule has 0 aliphatic heterocycles. The van der Waals surface area contributed by atoms with Crippen molar-refractivity contribution < 1.29 is 9.59 Å². The topological polar surface area (TPSA) is 82.0 Å². The number of nitrogens with one attached hydrogen (secondary N) is 2. The standard InChI is InChI=1S/C18H16ClN3O2/c19-16-9-5-4-8-14(16)15(18(24)21-11-10-20)12-22-17(23)13-6-2-1-3-7-13/h1-9,15H,11-12H2,(H,21,24)(H,22,23). The number of amides is 2. The molecule has 0 heterocycles. The van der Waals surface area contributed by atoms with Gasteiger partial charge in [0.25, 0.3) is 5.91 Å². The lowest BCUT2D eigenvalue weighted by Gasteiger charge is -2.18. The summed E-state index contributed by atoms with van der Waals surface area (Å²) in [4.78, 5) is 24.5. The molecule has 6 heteroatoms. The number of benzene rings is 2. The predicted molar refractivity (Wildman–Crippen MR) is 91.6 cm³/mol. The first-order valence-corrected chi connectivity index (χ1v) is 7.73. The minimum atomic E-state index is -0.681. The van der Waals surface area contributed by atoms with E-state index in [1.54, 1.807) is 48.5 Å². The fourth-order valence-corrected chi connectivity index (χ4v) is 2.51. The third kappa shape index (κ3) is 4.58. The molecule has 2 aromatic rings. The molecule has 0 aliphatic rings. The van der Waals surface area contributed by atoms with Crippen LogP contribution in [0.4, 0.5) is 0 Å². The van der Waals surface area contributed by atoms with Crippen LogP contribution in [0.25, 0.3) is 0 Å². The van der Waals surface area contributed by atoms with Crippen LogP contribution in [0.5, 0.6) is 0 Å². The molecule has 2 amide bonds. The molecule has 0 spiro atoms. The Kier molecular flexibility index (Phi) is 6.35. The summed E-state index contributed by atoms with van der Waals surface area (Å²) in [6.45, 7) is -0.0266. The fraction of sp³-hybridized carbons (Fsp3) is 0.167. The van der Waals surface area contributed by atoms with Crippen LogP contribution in [-0.2, 0) is 4.79 Å². The number of nitrogens with zero attached hydrogens (tertiary/aromatic N) is 1. The Morgan fingerprint density at radius 1 is 1.04 bits per heavy atom. The van der Waals surface area contributed by atoms with Crippen LogP contribution in [0.1, 0.15) is 21.8 Å². The van der Waals surface area contributed by atoms with E-state index in [4.69, 9.17) is 16.9 Å². The number of hydrogen-bond acceptors (Lipinski definition) is 3. The van der Waals surface area contributed by atoms with Gasteiger partial charge in [-0.05, 0) is 23.8 Å². The van der Waals surface area contributed by atoms with Gasteiger partial charge in [0.2, 0.25) is 5.91 Å². The largest absolute Gasteiger partial charge is 0.351 e. The molecule has 2 rings (SSSR count). The second-order valence-electron chi connectivity index (χ2n) is 5.03. The van der Waals surface area contributed by atoms with Crippen molar-refractivity contribution in [3.8, 4) is 6.07 Å². The van der Waals surface area contributed by atoms with Crippen LogP contribution in [0, 0.1) is 11.3 Å². The molecule has 0 bridgehead atoms. The quantitative estimate of drug-likeness (QED) is 0.792. The summed E-state index contributed by atoms with van der Waals surface area (Å²) in [5.41, 5.74) is 1.11. The summed E-state index contributed by atoms with van der Waals surface area (Å²) < 4.78 is 0. The van der Waals surface area contributed by atoms with Gasteiger partial charge in [-0.3, -0.25) is 9.59 Å². The molecular weight excluding hydrogens is 326 g/mol. The summed E-state index contributed by atoms with van der Waals surface area (Å²) in [5, 5.41) is 14.3. The van der Waals surface area contributed by atoms with Crippen LogP contribution in [-0.4, -0.2) is 24.9 Å². The van der Waals surface area contributed by atoms with Crippen LogP contribution in [0.2, 0.25) is 5.02 Å². The van der Waals surface area contributed by atoms with Crippen LogP contribution < -0.4 is 10.6 Å². The van der Waals surface area contributed by atoms with E-state index < -0.39 is 5.92 Å². The molecule has 24 heavy (non-hydrogen) atoms. The zero-order valence-electron chi connectivity index (χ0n) is 12.8. The van der Waals surface area contributed by atoms with Gasteiger partial charge in [0.1, 0.15) is 6.54 Å². The van der Waals surface area contributed by atoms with Crippen LogP contribution in [0.3, 0.4) is 0 Å². The van der Waals surface area contributed by atoms with E-state index in [9.17, 15) is 9.59 Å². The number of carbonyl (C=O) groups is 2.